The molecule has 0 saturated heterocycles. The van der Waals surface area contributed by atoms with Crippen molar-refractivity contribution >= 4 is 39.8 Å². The van der Waals surface area contributed by atoms with E-state index in [1.165, 1.54) is 11.6 Å². The van der Waals surface area contributed by atoms with Crippen molar-refractivity contribution in [1.29, 1.82) is 0 Å². The van der Waals surface area contributed by atoms with Crippen LogP contribution in [0.1, 0.15) is 30.0 Å². The summed E-state index contributed by atoms with van der Waals surface area (Å²) in [5.74, 6) is -0.322. The maximum atomic E-state index is 14.0. The second-order valence-electron chi connectivity index (χ2n) is 7.02. The predicted octanol–water partition coefficient (Wildman–Crippen LogP) is 6.24. The highest BCUT2D eigenvalue weighted by atomic mass is 35.5. The predicted molar refractivity (Wildman–Crippen MR) is 110 cm³/mol. The number of para-hydroxylation sites is 1. The molecule has 2 heterocycles. The van der Waals surface area contributed by atoms with Crippen LogP contribution in [0.4, 0.5) is 4.39 Å². The lowest BCUT2D eigenvalue weighted by atomic mass is 9.82. The Morgan fingerprint density at radius 1 is 1.19 bits per heavy atom. The molecule has 0 aliphatic carbocycles. The van der Waals surface area contributed by atoms with Gasteiger partial charge in [-0.2, -0.15) is 0 Å². The quantitative estimate of drug-likeness (QED) is 0.512. The Balaban J connectivity index is 1.87. The van der Waals surface area contributed by atoms with Crippen LogP contribution in [0, 0.1) is 5.82 Å². The first-order valence-electron chi connectivity index (χ1n) is 8.69. The summed E-state index contributed by atoms with van der Waals surface area (Å²) in [6.07, 6.45) is 4.89. The molecule has 1 aromatic heterocycles. The zero-order valence-corrected chi connectivity index (χ0v) is 16.2. The summed E-state index contributed by atoms with van der Waals surface area (Å²) in [6, 6.07) is 15.1. The Hall–Kier alpha value is -2.23. The number of halogens is 3. The van der Waals surface area contributed by atoms with Crippen molar-refractivity contribution in [1.82, 2.24) is 4.98 Å². The number of benzene rings is 2. The van der Waals surface area contributed by atoms with Gasteiger partial charge in [0.05, 0.1) is 11.3 Å². The number of pyridine rings is 1. The number of aliphatic imine (C=N–C) groups is 1. The Bertz CT molecular complexity index is 1090. The maximum absolute atomic E-state index is 14.0. The molecule has 0 fully saturated rings. The molecule has 2 aromatic carbocycles. The van der Waals surface area contributed by atoms with Crippen molar-refractivity contribution in [3.05, 3.63) is 87.8 Å². The molecule has 2 nitrogen and oxygen atoms in total. The van der Waals surface area contributed by atoms with E-state index in [2.05, 4.69) is 24.0 Å². The van der Waals surface area contributed by atoms with Gasteiger partial charge in [-0.15, -0.1) is 0 Å². The third-order valence-corrected chi connectivity index (χ3v) is 5.17. The number of fused-ring (bicyclic) bond motifs is 2. The molecule has 1 atom stereocenters. The van der Waals surface area contributed by atoms with Gasteiger partial charge in [0.25, 0.3) is 0 Å². The highest BCUT2D eigenvalue weighted by Gasteiger charge is 2.30. The van der Waals surface area contributed by atoms with E-state index >= 15 is 0 Å². The summed E-state index contributed by atoms with van der Waals surface area (Å²) in [7, 11) is 0. The Labute approximate surface area is 167 Å². The van der Waals surface area contributed by atoms with Gasteiger partial charge in [0, 0.05) is 22.7 Å². The van der Waals surface area contributed by atoms with Crippen molar-refractivity contribution in [2.45, 2.75) is 25.3 Å². The van der Waals surface area contributed by atoms with Crippen LogP contribution in [-0.2, 0) is 6.42 Å². The smallest absolute Gasteiger partial charge is 0.149 e. The highest BCUT2D eigenvalue weighted by molar-refractivity contribution is 6.55. The summed E-state index contributed by atoms with van der Waals surface area (Å²) in [6.45, 7) is 2.09. The molecule has 1 unspecified atom stereocenters. The van der Waals surface area contributed by atoms with Gasteiger partial charge >= 0.3 is 0 Å². The Morgan fingerprint density at radius 2 is 2.00 bits per heavy atom. The monoisotopic (exact) mass is 398 g/mol. The van der Waals surface area contributed by atoms with E-state index in [9.17, 15) is 4.39 Å². The van der Waals surface area contributed by atoms with Crippen LogP contribution in [0.25, 0.3) is 10.9 Å². The molecule has 27 heavy (non-hydrogen) atoms. The number of hydrogen-bond donors (Lipinski definition) is 0. The summed E-state index contributed by atoms with van der Waals surface area (Å²) in [5, 5.41) is 0.753. The number of aromatic nitrogens is 1. The third-order valence-electron chi connectivity index (χ3n) is 4.86. The minimum atomic E-state index is -0.365. The van der Waals surface area contributed by atoms with Crippen LogP contribution in [0.3, 0.4) is 0 Å². The van der Waals surface area contributed by atoms with Crippen LogP contribution in [0.5, 0.6) is 0 Å². The minimum absolute atomic E-state index is 0.245. The van der Waals surface area contributed by atoms with Crippen LogP contribution < -0.4 is 0 Å². The van der Waals surface area contributed by atoms with Gasteiger partial charge in [-0.05, 0) is 37.5 Å². The molecule has 136 valence electrons. The van der Waals surface area contributed by atoms with Crippen molar-refractivity contribution < 1.29 is 4.39 Å². The fourth-order valence-electron chi connectivity index (χ4n) is 3.57. The van der Waals surface area contributed by atoms with Gasteiger partial charge in [-0.25, -0.2) is 4.39 Å². The van der Waals surface area contributed by atoms with E-state index in [-0.39, 0.29) is 15.8 Å². The van der Waals surface area contributed by atoms with Crippen molar-refractivity contribution in [3.63, 3.8) is 0 Å². The Morgan fingerprint density at radius 3 is 2.81 bits per heavy atom. The van der Waals surface area contributed by atoms with Gasteiger partial charge in [0.1, 0.15) is 15.8 Å². The molecular weight excluding hydrogens is 382 g/mol. The summed E-state index contributed by atoms with van der Waals surface area (Å²) in [5.41, 5.74) is 4.02. The minimum Gasteiger partial charge on any atom is -0.277 e. The third kappa shape index (κ3) is 3.62. The van der Waals surface area contributed by atoms with Crippen LogP contribution in [-0.4, -0.2) is 16.2 Å². The van der Waals surface area contributed by atoms with Gasteiger partial charge < -0.3 is 0 Å². The largest absolute Gasteiger partial charge is 0.277 e. The van der Waals surface area contributed by atoms with Crippen LogP contribution >= 0.6 is 23.2 Å². The lowest BCUT2D eigenvalue weighted by Crippen LogP contribution is -2.32. The van der Waals surface area contributed by atoms with Gasteiger partial charge in [0.15, 0.2) is 0 Å². The van der Waals surface area contributed by atoms with E-state index in [1.54, 1.807) is 18.3 Å². The van der Waals surface area contributed by atoms with Gasteiger partial charge in [-0.3, -0.25) is 9.98 Å². The number of rotatable bonds is 3. The van der Waals surface area contributed by atoms with E-state index in [4.69, 9.17) is 28.2 Å². The molecule has 1 aliphatic rings. The average Bonchev–Trinajstić information content (AvgIpc) is 2.66. The molecule has 0 amide bonds. The van der Waals surface area contributed by atoms with E-state index in [0.717, 1.165) is 28.6 Å². The molecule has 0 bridgehead atoms. The normalized spacial score (nSPS) is 18.7. The fourth-order valence-corrected chi connectivity index (χ4v) is 3.73. The lowest BCUT2D eigenvalue weighted by molar-refractivity contribution is 0.469. The zero-order valence-electron chi connectivity index (χ0n) is 14.7. The van der Waals surface area contributed by atoms with E-state index in [1.807, 2.05) is 24.3 Å². The molecular formula is C22H17Cl2FN2. The van der Waals surface area contributed by atoms with Crippen molar-refractivity contribution in [3.8, 4) is 0 Å². The SMILES string of the molecule is CC1(CC=C(Cl)Cl)Cc2ccccc2C(c2cnc3c(F)cccc3c2)=N1. The average molecular weight is 399 g/mol. The summed E-state index contributed by atoms with van der Waals surface area (Å²) >= 11 is 11.7. The summed E-state index contributed by atoms with van der Waals surface area (Å²) < 4.78 is 14.2. The molecule has 3 aromatic rings. The zero-order chi connectivity index (χ0) is 19.0. The number of nitrogens with zero attached hydrogens (tertiary/aromatic N) is 2. The van der Waals surface area contributed by atoms with E-state index < -0.39 is 0 Å². The lowest BCUT2D eigenvalue weighted by Gasteiger charge is -2.32. The topological polar surface area (TPSA) is 25.2 Å². The summed E-state index contributed by atoms with van der Waals surface area (Å²) in [4.78, 5) is 9.39. The molecule has 0 spiro atoms. The number of hydrogen-bond acceptors (Lipinski definition) is 2. The van der Waals surface area contributed by atoms with E-state index in [0.29, 0.717) is 11.9 Å². The molecule has 4 rings (SSSR count). The molecule has 0 saturated carbocycles. The van der Waals surface area contributed by atoms with Crippen LogP contribution in [0.2, 0.25) is 0 Å². The standard InChI is InChI=1S/C22H17Cl2FN2/c1-22(10-9-19(23)24)12-15-5-2-3-7-17(15)20(27-22)16-11-14-6-4-8-18(25)21(14)26-13-16/h2-9,11,13H,10,12H2,1H3. The second-order valence-corrected chi connectivity index (χ2v) is 8.03. The first kappa shape index (κ1) is 18.1. The fraction of sp³-hybridized carbons (Fsp3) is 0.182. The van der Waals surface area contributed by atoms with Gasteiger partial charge in [-0.1, -0.05) is 65.7 Å². The first-order chi connectivity index (χ1) is 13.0. The molecule has 5 heteroatoms. The maximum Gasteiger partial charge on any atom is 0.149 e. The van der Waals surface area contributed by atoms with Crippen LogP contribution in [0.15, 0.2) is 70.3 Å². The second kappa shape index (κ2) is 7.06. The van der Waals surface area contributed by atoms with Crippen molar-refractivity contribution in [2.24, 2.45) is 4.99 Å². The Kier molecular flexibility index (Phi) is 4.75. The van der Waals surface area contributed by atoms with Crippen molar-refractivity contribution in [2.75, 3.05) is 0 Å². The molecule has 1 aliphatic heterocycles. The first-order valence-corrected chi connectivity index (χ1v) is 9.45. The molecule has 0 radical (unpaired) electrons. The highest BCUT2D eigenvalue weighted by Crippen LogP contribution is 2.33. The van der Waals surface area contributed by atoms with Gasteiger partial charge in [0.2, 0.25) is 0 Å². The molecule has 0 N–H and O–H groups in total.